The van der Waals surface area contributed by atoms with Gasteiger partial charge in [-0.2, -0.15) is 0 Å². The average molecular weight is 429 g/mol. The maximum atomic E-state index is 13.7. The monoisotopic (exact) mass is 428 g/mol. The van der Waals surface area contributed by atoms with Crippen LogP contribution in [0.5, 0.6) is 0 Å². The molecule has 1 heterocycles. The molecule has 3 aromatic carbocycles. The smallest absolute Gasteiger partial charge is 0.335 e. The first kappa shape index (κ1) is 21.8. The molecule has 1 saturated heterocycles. The number of carbonyl (C=O) groups excluding carboxylic acids is 1. The number of aromatic carboxylic acids is 1. The predicted octanol–water partition coefficient (Wildman–Crippen LogP) is 4.75. The van der Waals surface area contributed by atoms with Gasteiger partial charge in [-0.1, -0.05) is 48.5 Å². The van der Waals surface area contributed by atoms with Crippen molar-refractivity contribution in [3.63, 3.8) is 0 Å². The van der Waals surface area contributed by atoms with Crippen LogP contribution in [0.4, 0.5) is 0 Å². The van der Waals surface area contributed by atoms with Crippen molar-refractivity contribution in [1.82, 2.24) is 10.2 Å². The molecular formula is C27H28N2O3. The number of nitrogens with one attached hydrogen (secondary N) is 1. The molecular weight excluding hydrogens is 400 g/mol. The van der Waals surface area contributed by atoms with Crippen molar-refractivity contribution in [1.29, 1.82) is 0 Å². The summed E-state index contributed by atoms with van der Waals surface area (Å²) in [6, 6.07) is 22.9. The molecule has 5 nitrogen and oxygen atoms in total. The third kappa shape index (κ3) is 4.89. The van der Waals surface area contributed by atoms with E-state index in [4.69, 9.17) is 5.11 Å². The fraction of sp³-hybridized carbons (Fsp3) is 0.259. The predicted molar refractivity (Wildman–Crippen MR) is 126 cm³/mol. The Morgan fingerprint density at radius 1 is 0.938 bits per heavy atom. The minimum absolute atomic E-state index is 0.0316. The van der Waals surface area contributed by atoms with Gasteiger partial charge in [-0.25, -0.2) is 4.79 Å². The fourth-order valence-corrected chi connectivity index (χ4v) is 4.29. The van der Waals surface area contributed by atoms with E-state index in [1.54, 1.807) is 24.3 Å². The third-order valence-electron chi connectivity index (χ3n) is 6.13. The summed E-state index contributed by atoms with van der Waals surface area (Å²) in [5, 5.41) is 12.6. The summed E-state index contributed by atoms with van der Waals surface area (Å²) in [5.41, 5.74) is 4.91. The lowest BCUT2D eigenvalue weighted by molar-refractivity contribution is 0.0622. The molecule has 1 aliphatic heterocycles. The van der Waals surface area contributed by atoms with E-state index in [-0.39, 0.29) is 17.5 Å². The van der Waals surface area contributed by atoms with Gasteiger partial charge in [0, 0.05) is 18.2 Å². The van der Waals surface area contributed by atoms with Crippen LogP contribution in [0.3, 0.4) is 0 Å². The minimum Gasteiger partial charge on any atom is -0.478 e. The Labute approximate surface area is 188 Å². The summed E-state index contributed by atoms with van der Waals surface area (Å²) < 4.78 is 0. The van der Waals surface area contributed by atoms with Gasteiger partial charge in [0.25, 0.3) is 5.91 Å². The molecule has 2 N–H and O–H groups in total. The van der Waals surface area contributed by atoms with Crippen molar-refractivity contribution in [3.05, 3.63) is 95.1 Å². The highest BCUT2D eigenvalue weighted by Crippen LogP contribution is 2.27. The lowest BCUT2D eigenvalue weighted by Crippen LogP contribution is -2.45. The number of rotatable bonds is 6. The molecule has 1 aliphatic rings. The van der Waals surface area contributed by atoms with E-state index in [1.165, 1.54) is 0 Å². The van der Waals surface area contributed by atoms with Crippen LogP contribution in [0.25, 0.3) is 11.1 Å². The largest absolute Gasteiger partial charge is 0.478 e. The van der Waals surface area contributed by atoms with E-state index in [0.29, 0.717) is 12.1 Å². The van der Waals surface area contributed by atoms with Crippen molar-refractivity contribution in [2.75, 3.05) is 13.1 Å². The Hall–Kier alpha value is -3.44. The van der Waals surface area contributed by atoms with E-state index in [0.717, 1.165) is 48.2 Å². The lowest BCUT2D eigenvalue weighted by Gasteiger charge is -2.35. The number of hydrogen-bond acceptors (Lipinski definition) is 3. The van der Waals surface area contributed by atoms with Crippen LogP contribution in [0.1, 0.15) is 44.7 Å². The molecule has 0 aliphatic carbocycles. The van der Waals surface area contributed by atoms with Crippen molar-refractivity contribution >= 4 is 11.9 Å². The normalized spacial score (nSPS) is 14.2. The molecule has 5 heteroatoms. The summed E-state index contributed by atoms with van der Waals surface area (Å²) in [7, 11) is 0. The number of amides is 1. The van der Waals surface area contributed by atoms with Crippen LogP contribution >= 0.6 is 0 Å². The van der Waals surface area contributed by atoms with Crippen molar-refractivity contribution in [3.8, 4) is 11.1 Å². The van der Waals surface area contributed by atoms with Gasteiger partial charge in [0.05, 0.1) is 5.56 Å². The van der Waals surface area contributed by atoms with Gasteiger partial charge < -0.3 is 15.3 Å². The second-order valence-corrected chi connectivity index (χ2v) is 8.31. The van der Waals surface area contributed by atoms with Gasteiger partial charge in [0.15, 0.2) is 0 Å². The molecule has 0 atom stereocenters. The summed E-state index contributed by atoms with van der Waals surface area (Å²) >= 11 is 0. The second kappa shape index (κ2) is 9.79. The highest BCUT2D eigenvalue weighted by molar-refractivity contribution is 5.96. The van der Waals surface area contributed by atoms with Gasteiger partial charge >= 0.3 is 5.97 Å². The maximum Gasteiger partial charge on any atom is 0.335 e. The molecule has 0 bridgehead atoms. The summed E-state index contributed by atoms with van der Waals surface area (Å²) in [6.07, 6.45) is 1.88. The van der Waals surface area contributed by atoms with Crippen LogP contribution in [0, 0.1) is 6.92 Å². The maximum absolute atomic E-state index is 13.7. The number of benzene rings is 3. The summed E-state index contributed by atoms with van der Waals surface area (Å²) in [5.74, 6) is -0.917. The number of carbonyl (C=O) groups is 2. The summed E-state index contributed by atoms with van der Waals surface area (Å²) in [4.78, 5) is 26.9. The molecule has 0 radical (unpaired) electrons. The SMILES string of the molecule is Cc1ccc(C(=O)N(Cc2ccccc2)C2CCNCC2)cc1-c1ccc(C(=O)O)cc1. The zero-order valence-electron chi connectivity index (χ0n) is 18.3. The third-order valence-corrected chi connectivity index (χ3v) is 6.13. The highest BCUT2D eigenvalue weighted by Gasteiger charge is 2.26. The van der Waals surface area contributed by atoms with Crippen LogP contribution in [-0.2, 0) is 6.54 Å². The molecule has 0 unspecified atom stereocenters. The van der Waals surface area contributed by atoms with Gasteiger partial charge in [0.2, 0.25) is 0 Å². The molecule has 0 aromatic heterocycles. The first-order valence-corrected chi connectivity index (χ1v) is 11.0. The van der Waals surface area contributed by atoms with E-state index in [9.17, 15) is 9.59 Å². The highest BCUT2D eigenvalue weighted by atomic mass is 16.4. The molecule has 1 fully saturated rings. The van der Waals surface area contributed by atoms with Gasteiger partial charge in [-0.05, 0) is 79.4 Å². The second-order valence-electron chi connectivity index (χ2n) is 8.31. The topological polar surface area (TPSA) is 69.6 Å². The Kier molecular flexibility index (Phi) is 6.66. The molecule has 3 aromatic rings. The van der Waals surface area contributed by atoms with Crippen molar-refractivity contribution in [2.45, 2.75) is 32.4 Å². The number of aryl methyl sites for hydroxylation is 1. The summed E-state index contributed by atoms with van der Waals surface area (Å²) in [6.45, 7) is 4.42. The van der Waals surface area contributed by atoms with Crippen LogP contribution in [0.2, 0.25) is 0 Å². The van der Waals surface area contributed by atoms with Crippen LogP contribution < -0.4 is 5.32 Å². The Balaban J connectivity index is 1.65. The first-order valence-electron chi connectivity index (χ1n) is 11.0. The van der Waals surface area contributed by atoms with E-state index < -0.39 is 5.97 Å². The van der Waals surface area contributed by atoms with E-state index >= 15 is 0 Å². The number of hydrogen-bond donors (Lipinski definition) is 2. The van der Waals surface area contributed by atoms with E-state index in [2.05, 4.69) is 17.4 Å². The number of carboxylic acids is 1. The molecule has 0 spiro atoms. The first-order chi connectivity index (χ1) is 15.5. The zero-order chi connectivity index (χ0) is 22.5. The number of carboxylic acid groups (broad SMARTS) is 1. The molecule has 1 amide bonds. The van der Waals surface area contributed by atoms with E-state index in [1.807, 2.05) is 48.2 Å². The minimum atomic E-state index is -0.948. The van der Waals surface area contributed by atoms with Gasteiger partial charge in [-0.15, -0.1) is 0 Å². The zero-order valence-corrected chi connectivity index (χ0v) is 18.3. The standard InChI is InChI=1S/C27H28N2O3/c1-19-7-8-23(17-25(19)21-9-11-22(12-10-21)27(31)32)26(30)29(24-13-15-28-16-14-24)18-20-5-3-2-4-6-20/h2-12,17,24,28H,13-16,18H2,1H3,(H,31,32). The fourth-order valence-electron chi connectivity index (χ4n) is 4.29. The average Bonchev–Trinajstić information content (AvgIpc) is 2.84. The van der Waals surface area contributed by atoms with Gasteiger partial charge in [0.1, 0.15) is 0 Å². The Bertz CT molecular complexity index is 1090. The molecule has 32 heavy (non-hydrogen) atoms. The molecule has 4 rings (SSSR count). The number of nitrogens with zero attached hydrogens (tertiary/aromatic N) is 1. The van der Waals surface area contributed by atoms with Crippen molar-refractivity contribution in [2.24, 2.45) is 0 Å². The quantitative estimate of drug-likeness (QED) is 0.594. The van der Waals surface area contributed by atoms with Crippen LogP contribution in [-0.4, -0.2) is 41.0 Å². The molecule has 164 valence electrons. The Morgan fingerprint density at radius 3 is 2.25 bits per heavy atom. The Morgan fingerprint density at radius 2 is 1.59 bits per heavy atom. The molecule has 0 saturated carbocycles. The van der Waals surface area contributed by atoms with Crippen LogP contribution in [0.15, 0.2) is 72.8 Å². The van der Waals surface area contributed by atoms with Crippen molar-refractivity contribution < 1.29 is 14.7 Å². The van der Waals surface area contributed by atoms with Gasteiger partial charge in [-0.3, -0.25) is 4.79 Å². The number of piperidine rings is 1. The lowest BCUT2D eigenvalue weighted by atomic mass is 9.96.